The van der Waals surface area contributed by atoms with E-state index in [1.807, 2.05) is 24.3 Å². The zero-order valence-corrected chi connectivity index (χ0v) is 14.0. The van der Waals surface area contributed by atoms with E-state index in [-0.39, 0.29) is 18.9 Å². The zero-order valence-electron chi connectivity index (χ0n) is 14.0. The van der Waals surface area contributed by atoms with Crippen LogP contribution in [0.15, 0.2) is 24.3 Å². The van der Waals surface area contributed by atoms with Gasteiger partial charge in [0.1, 0.15) is 11.3 Å². The summed E-state index contributed by atoms with van der Waals surface area (Å²) < 4.78 is 10.0. The summed E-state index contributed by atoms with van der Waals surface area (Å²) in [6, 6.07) is 9.55. The number of benzene rings is 1. The van der Waals surface area contributed by atoms with Gasteiger partial charge in [-0.2, -0.15) is 5.26 Å². The van der Waals surface area contributed by atoms with E-state index in [4.69, 9.17) is 9.47 Å². The SMILES string of the molecule is COc1ccc(CCC(=O)OCC(=O)N[C@@](C)(C#N)C2CC2)cc1. The van der Waals surface area contributed by atoms with Gasteiger partial charge in [-0.1, -0.05) is 12.1 Å². The van der Waals surface area contributed by atoms with Crippen LogP contribution in [0.5, 0.6) is 5.75 Å². The normalized spacial score (nSPS) is 15.7. The quantitative estimate of drug-likeness (QED) is 0.736. The van der Waals surface area contributed by atoms with Crippen molar-refractivity contribution in [1.29, 1.82) is 5.26 Å². The molecule has 1 aliphatic carbocycles. The number of amides is 1. The van der Waals surface area contributed by atoms with Crippen LogP contribution >= 0.6 is 0 Å². The minimum Gasteiger partial charge on any atom is -0.497 e. The third kappa shape index (κ3) is 4.98. The number of rotatable bonds is 8. The highest BCUT2D eigenvalue weighted by Gasteiger charge is 2.43. The fraction of sp³-hybridized carbons (Fsp3) is 0.500. The predicted molar refractivity (Wildman–Crippen MR) is 87.2 cm³/mol. The number of ether oxygens (including phenoxy) is 2. The van der Waals surface area contributed by atoms with Crippen molar-refractivity contribution in [2.24, 2.45) is 5.92 Å². The molecule has 0 saturated heterocycles. The average molecular weight is 330 g/mol. The number of carbonyl (C=O) groups excluding carboxylic acids is 2. The number of nitriles is 1. The molecular formula is C18H22N2O4. The largest absolute Gasteiger partial charge is 0.497 e. The van der Waals surface area contributed by atoms with Crippen LogP contribution in [-0.4, -0.2) is 31.1 Å². The van der Waals surface area contributed by atoms with Gasteiger partial charge in [-0.15, -0.1) is 0 Å². The van der Waals surface area contributed by atoms with E-state index >= 15 is 0 Å². The van der Waals surface area contributed by atoms with E-state index in [9.17, 15) is 14.9 Å². The van der Waals surface area contributed by atoms with E-state index in [0.717, 1.165) is 24.2 Å². The molecule has 24 heavy (non-hydrogen) atoms. The Bertz CT molecular complexity index is 631. The standard InChI is InChI=1S/C18H22N2O4/c1-18(12-19,14-6-7-14)20-16(21)11-24-17(22)10-5-13-3-8-15(23-2)9-4-13/h3-4,8-9,14H,5-7,10-11H2,1-2H3,(H,20,21)/t18-/m0/s1. The Hall–Kier alpha value is -2.55. The molecule has 1 saturated carbocycles. The molecule has 1 atom stereocenters. The number of esters is 1. The minimum absolute atomic E-state index is 0.192. The third-order valence-corrected chi connectivity index (χ3v) is 4.17. The first kappa shape index (κ1) is 17.8. The smallest absolute Gasteiger partial charge is 0.306 e. The Morgan fingerprint density at radius 2 is 2.00 bits per heavy atom. The molecule has 0 unspecified atom stereocenters. The Morgan fingerprint density at radius 1 is 1.33 bits per heavy atom. The van der Waals surface area contributed by atoms with Gasteiger partial charge in [-0.3, -0.25) is 9.59 Å². The molecule has 1 aromatic rings. The molecular weight excluding hydrogens is 308 g/mol. The van der Waals surface area contributed by atoms with E-state index < -0.39 is 17.4 Å². The van der Waals surface area contributed by atoms with E-state index in [0.29, 0.717) is 6.42 Å². The van der Waals surface area contributed by atoms with E-state index in [1.54, 1.807) is 14.0 Å². The summed E-state index contributed by atoms with van der Waals surface area (Å²) in [7, 11) is 1.60. The summed E-state index contributed by atoms with van der Waals surface area (Å²) >= 11 is 0. The maximum absolute atomic E-state index is 11.8. The lowest BCUT2D eigenvalue weighted by Gasteiger charge is -2.22. The minimum atomic E-state index is -0.868. The maximum atomic E-state index is 11.8. The summed E-state index contributed by atoms with van der Waals surface area (Å²) in [5.41, 5.74) is 0.120. The van der Waals surface area contributed by atoms with Crippen molar-refractivity contribution in [2.75, 3.05) is 13.7 Å². The number of aryl methyl sites for hydroxylation is 1. The average Bonchev–Trinajstić information content (AvgIpc) is 3.44. The Kier molecular flexibility index (Phi) is 5.80. The molecule has 1 amide bonds. The van der Waals surface area contributed by atoms with Crippen LogP contribution in [0.1, 0.15) is 31.7 Å². The van der Waals surface area contributed by atoms with Crippen molar-refractivity contribution < 1.29 is 19.1 Å². The van der Waals surface area contributed by atoms with Crippen molar-refractivity contribution in [3.8, 4) is 11.8 Å². The van der Waals surface area contributed by atoms with Crippen molar-refractivity contribution in [3.05, 3.63) is 29.8 Å². The van der Waals surface area contributed by atoms with Gasteiger partial charge in [0.15, 0.2) is 6.61 Å². The lowest BCUT2D eigenvalue weighted by atomic mass is 9.98. The molecule has 128 valence electrons. The molecule has 0 spiro atoms. The first-order valence-corrected chi connectivity index (χ1v) is 7.97. The summed E-state index contributed by atoms with van der Waals surface area (Å²) in [6.45, 7) is 1.35. The van der Waals surface area contributed by atoms with Gasteiger partial charge in [0.2, 0.25) is 0 Å². The van der Waals surface area contributed by atoms with Gasteiger partial charge in [0, 0.05) is 6.42 Å². The van der Waals surface area contributed by atoms with Gasteiger partial charge in [-0.25, -0.2) is 0 Å². The maximum Gasteiger partial charge on any atom is 0.306 e. The first-order chi connectivity index (χ1) is 11.5. The van der Waals surface area contributed by atoms with Crippen LogP contribution < -0.4 is 10.1 Å². The van der Waals surface area contributed by atoms with Crippen LogP contribution in [-0.2, 0) is 20.7 Å². The second-order valence-electron chi connectivity index (χ2n) is 6.15. The molecule has 0 radical (unpaired) electrons. The third-order valence-electron chi connectivity index (χ3n) is 4.17. The Morgan fingerprint density at radius 3 is 2.54 bits per heavy atom. The Balaban J connectivity index is 1.70. The van der Waals surface area contributed by atoms with Gasteiger partial charge < -0.3 is 14.8 Å². The molecule has 0 aromatic heterocycles. The molecule has 1 fully saturated rings. The molecule has 1 N–H and O–H groups in total. The number of nitrogens with zero attached hydrogens (tertiary/aromatic N) is 1. The lowest BCUT2D eigenvalue weighted by molar-refractivity contribution is -0.148. The number of methoxy groups -OCH3 is 1. The first-order valence-electron chi connectivity index (χ1n) is 7.97. The van der Waals surface area contributed by atoms with Crippen LogP contribution in [0, 0.1) is 17.2 Å². The highest BCUT2D eigenvalue weighted by Crippen LogP contribution is 2.39. The molecule has 1 aromatic carbocycles. The van der Waals surface area contributed by atoms with Crippen LogP contribution in [0.25, 0.3) is 0 Å². The van der Waals surface area contributed by atoms with Crippen molar-refractivity contribution >= 4 is 11.9 Å². The number of carbonyl (C=O) groups is 2. The summed E-state index contributed by atoms with van der Waals surface area (Å²) in [5.74, 6) is 0.0706. The number of nitrogens with one attached hydrogen (secondary N) is 1. The van der Waals surface area contributed by atoms with Gasteiger partial charge in [-0.05, 0) is 49.8 Å². The summed E-state index contributed by atoms with van der Waals surface area (Å²) in [6.07, 6.45) is 2.60. The summed E-state index contributed by atoms with van der Waals surface area (Å²) in [4.78, 5) is 23.6. The molecule has 0 heterocycles. The summed E-state index contributed by atoms with van der Waals surface area (Å²) in [5, 5.41) is 11.8. The second-order valence-corrected chi connectivity index (χ2v) is 6.15. The van der Waals surface area contributed by atoms with Gasteiger partial charge in [0.25, 0.3) is 5.91 Å². The molecule has 0 bridgehead atoms. The highest BCUT2D eigenvalue weighted by molar-refractivity contribution is 5.81. The lowest BCUT2D eigenvalue weighted by Crippen LogP contribution is -2.48. The second kappa shape index (κ2) is 7.82. The number of hydrogen-bond acceptors (Lipinski definition) is 5. The van der Waals surface area contributed by atoms with Crippen molar-refractivity contribution in [1.82, 2.24) is 5.32 Å². The number of hydrogen-bond donors (Lipinski definition) is 1. The van der Waals surface area contributed by atoms with Crippen LogP contribution in [0.3, 0.4) is 0 Å². The van der Waals surface area contributed by atoms with E-state index in [2.05, 4.69) is 11.4 Å². The van der Waals surface area contributed by atoms with Crippen LogP contribution in [0.2, 0.25) is 0 Å². The van der Waals surface area contributed by atoms with E-state index in [1.165, 1.54) is 0 Å². The zero-order chi connectivity index (χ0) is 17.6. The fourth-order valence-electron chi connectivity index (χ4n) is 2.46. The molecule has 1 aliphatic rings. The monoisotopic (exact) mass is 330 g/mol. The van der Waals surface area contributed by atoms with Gasteiger partial charge >= 0.3 is 5.97 Å². The van der Waals surface area contributed by atoms with Crippen molar-refractivity contribution in [2.45, 2.75) is 38.1 Å². The highest BCUT2D eigenvalue weighted by atomic mass is 16.5. The van der Waals surface area contributed by atoms with Gasteiger partial charge in [0.05, 0.1) is 13.2 Å². The fourth-order valence-corrected chi connectivity index (χ4v) is 2.46. The predicted octanol–water partition coefficient (Wildman–Crippen LogP) is 1.98. The molecule has 0 aliphatic heterocycles. The molecule has 6 nitrogen and oxygen atoms in total. The molecule has 6 heteroatoms. The topological polar surface area (TPSA) is 88.4 Å². The van der Waals surface area contributed by atoms with Crippen LogP contribution in [0.4, 0.5) is 0 Å². The Labute approximate surface area is 141 Å². The van der Waals surface area contributed by atoms with Crippen molar-refractivity contribution in [3.63, 3.8) is 0 Å². The molecule has 2 rings (SSSR count).